The molecule has 0 amide bonds. The van der Waals surface area contributed by atoms with Gasteiger partial charge in [-0.25, -0.2) is 9.18 Å². The number of aromatic nitrogens is 2. The van der Waals surface area contributed by atoms with Crippen LogP contribution in [-0.2, 0) is 0 Å². The molecule has 32 heavy (non-hydrogen) atoms. The van der Waals surface area contributed by atoms with E-state index in [0.717, 1.165) is 6.07 Å². The first-order valence-electron chi connectivity index (χ1n) is 11.4. The van der Waals surface area contributed by atoms with E-state index in [9.17, 15) is 14.7 Å². The molecule has 0 bridgehead atoms. The zero-order chi connectivity index (χ0) is 24.7. The van der Waals surface area contributed by atoms with Crippen molar-refractivity contribution in [2.24, 2.45) is 5.92 Å². The third-order valence-electron chi connectivity index (χ3n) is 5.99. The predicted octanol–water partition coefficient (Wildman–Crippen LogP) is 2.53. The predicted molar refractivity (Wildman–Crippen MR) is 128 cm³/mol. The SMILES string of the molecule is CC.CCC(C)n1c(=O)n(N)c(=O)c2cc(F)c(N(CC)CCC(C)C(O)CO)c(C)c21. The summed E-state index contributed by atoms with van der Waals surface area (Å²) in [5, 5.41) is 19.0. The van der Waals surface area contributed by atoms with Crippen LogP contribution in [0.1, 0.15) is 66.0 Å². The summed E-state index contributed by atoms with van der Waals surface area (Å²) in [4.78, 5) is 27.2. The van der Waals surface area contributed by atoms with Gasteiger partial charge in [0.05, 0.1) is 29.3 Å². The first kappa shape index (κ1) is 27.6. The van der Waals surface area contributed by atoms with E-state index < -0.39 is 23.2 Å². The van der Waals surface area contributed by atoms with Gasteiger partial charge in [-0.05, 0) is 45.6 Å². The Morgan fingerprint density at radius 1 is 1.22 bits per heavy atom. The second-order valence-corrected chi connectivity index (χ2v) is 7.91. The molecule has 0 aliphatic heterocycles. The molecule has 3 atom stereocenters. The molecule has 8 nitrogen and oxygen atoms in total. The van der Waals surface area contributed by atoms with Crippen LogP contribution in [0.5, 0.6) is 0 Å². The Labute approximate surface area is 189 Å². The van der Waals surface area contributed by atoms with Gasteiger partial charge in [-0.3, -0.25) is 9.36 Å². The normalized spacial score (nSPS) is 13.9. The summed E-state index contributed by atoms with van der Waals surface area (Å²) in [6.07, 6.45) is 0.326. The quantitative estimate of drug-likeness (QED) is 0.502. The average molecular weight is 455 g/mol. The molecule has 4 N–H and O–H groups in total. The van der Waals surface area contributed by atoms with Crippen LogP contribution in [0.25, 0.3) is 10.9 Å². The number of hydrogen-bond donors (Lipinski definition) is 3. The van der Waals surface area contributed by atoms with Gasteiger partial charge in [0.1, 0.15) is 5.82 Å². The Morgan fingerprint density at radius 3 is 2.31 bits per heavy atom. The van der Waals surface area contributed by atoms with Gasteiger partial charge in [0.15, 0.2) is 0 Å². The van der Waals surface area contributed by atoms with E-state index in [4.69, 9.17) is 10.9 Å². The highest BCUT2D eigenvalue weighted by Crippen LogP contribution is 2.31. The van der Waals surface area contributed by atoms with Gasteiger partial charge in [0.2, 0.25) is 0 Å². The van der Waals surface area contributed by atoms with Crippen LogP contribution in [0, 0.1) is 18.7 Å². The molecular weight excluding hydrogens is 415 g/mol. The van der Waals surface area contributed by atoms with Crippen LogP contribution in [0.2, 0.25) is 0 Å². The fourth-order valence-corrected chi connectivity index (χ4v) is 3.80. The first-order chi connectivity index (χ1) is 15.1. The highest BCUT2D eigenvalue weighted by atomic mass is 19.1. The van der Waals surface area contributed by atoms with Crippen LogP contribution >= 0.6 is 0 Å². The van der Waals surface area contributed by atoms with Crippen molar-refractivity contribution in [3.05, 3.63) is 38.3 Å². The molecule has 0 saturated heterocycles. The summed E-state index contributed by atoms with van der Waals surface area (Å²) >= 11 is 0. The summed E-state index contributed by atoms with van der Waals surface area (Å²) in [5.41, 5.74) is -0.158. The van der Waals surface area contributed by atoms with E-state index in [1.54, 1.807) is 6.92 Å². The molecule has 1 aromatic carbocycles. The molecule has 2 aromatic rings. The molecule has 0 aliphatic carbocycles. The molecule has 0 aliphatic rings. The minimum atomic E-state index is -0.843. The standard InChI is InChI=1S/C21H33FN4O4.C2H6/c1-6-13(4)25-18-14(5)19(24(7-2)9-8-12(3)17(28)11-27)16(22)10-15(18)20(29)26(23)21(25)30;1-2/h10,12-13,17,27-28H,6-9,11,23H2,1-5H3;1-2H3. The van der Waals surface area contributed by atoms with Crippen LogP contribution in [0.3, 0.4) is 0 Å². The lowest BCUT2D eigenvalue weighted by molar-refractivity contribution is 0.0511. The summed E-state index contributed by atoms with van der Waals surface area (Å²) in [6.45, 7) is 13.8. The summed E-state index contributed by atoms with van der Waals surface area (Å²) in [7, 11) is 0. The van der Waals surface area contributed by atoms with Crippen molar-refractivity contribution < 1.29 is 14.6 Å². The van der Waals surface area contributed by atoms with Gasteiger partial charge < -0.3 is 21.0 Å². The molecule has 1 heterocycles. The van der Waals surface area contributed by atoms with Gasteiger partial charge in [-0.1, -0.05) is 27.7 Å². The van der Waals surface area contributed by atoms with Crippen molar-refractivity contribution in [2.45, 2.75) is 73.5 Å². The maximum Gasteiger partial charge on any atom is 0.350 e. The number of nitrogens with two attached hydrogens (primary N) is 1. The van der Waals surface area contributed by atoms with Gasteiger partial charge in [0, 0.05) is 24.7 Å². The lowest BCUT2D eigenvalue weighted by Crippen LogP contribution is -2.45. The molecule has 1 aromatic heterocycles. The number of nitrogens with zero attached hydrogens (tertiary/aromatic N) is 3. The van der Waals surface area contributed by atoms with E-state index >= 15 is 4.39 Å². The number of aliphatic hydroxyl groups is 2. The smallest absolute Gasteiger partial charge is 0.350 e. The fraction of sp³-hybridized carbons (Fsp3) is 0.652. The van der Waals surface area contributed by atoms with Gasteiger partial charge in [0.25, 0.3) is 5.56 Å². The number of rotatable bonds is 9. The average Bonchev–Trinajstić information content (AvgIpc) is 2.80. The van der Waals surface area contributed by atoms with E-state index in [1.807, 2.05) is 46.4 Å². The summed E-state index contributed by atoms with van der Waals surface area (Å²) in [5.74, 6) is 4.94. The van der Waals surface area contributed by atoms with Crippen molar-refractivity contribution in [1.29, 1.82) is 0 Å². The number of fused-ring (bicyclic) bond motifs is 1. The number of aliphatic hydroxyl groups excluding tert-OH is 2. The molecule has 0 radical (unpaired) electrons. The molecule has 0 fully saturated rings. The summed E-state index contributed by atoms with van der Waals surface area (Å²) < 4.78 is 17.2. The maximum atomic E-state index is 15.2. The van der Waals surface area contributed by atoms with Crippen molar-refractivity contribution in [2.75, 3.05) is 30.4 Å². The minimum absolute atomic E-state index is 0.0660. The highest BCUT2D eigenvalue weighted by Gasteiger charge is 2.24. The lowest BCUT2D eigenvalue weighted by atomic mass is 10.0. The summed E-state index contributed by atoms with van der Waals surface area (Å²) in [6, 6.07) is 0.915. The number of anilines is 1. The monoisotopic (exact) mass is 454 g/mol. The number of aryl methyl sites for hydroxylation is 1. The largest absolute Gasteiger partial charge is 0.394 e. The molecular formula is C23H39FN4O4. The second-order valence-electron chi connectivity index (χ2n) is 7.91. The van der Waals surface area contributed by atoms with Gasteiger partial charge >= 0.3 is 5.69 Å². The third kappa shape index (κ3) is 5.32. The number of nitrogen functional groups attached to an aromatic ring is 1. The fourth-order valence-electron chi connectivity index (χ4n) is 3.80. The lowest BCUT2D eigenvalue weighted by Gasteiger charge is -2.29. The molecule has 0 saturated carbocycles. The molecule has 9 heteroatoms. The van der Waals surface area contributed by atoms with E-state index in [-0.39, 0.29) is 24.0 Å². The molecule has 182 valence electrons. The Morgan fingerprint density at radius 2 is 1.81 bits per heavy atom. The zero-order valence-corrected chi connectivity index (χ0v) is 20.4. The number of hydrogen-bond acceptors (Lipinski definition) is 6. The molecule has 3 unspecified atom stereocenters. The molecule has 0 spiro atoms. The van der Waals surface area contributed by atoms with Crippen LogP contribution in [0.4, 0.5) is 10.1 Å². The number of halogens is 1. The maximum absolute atomic E-state index is 15.2. The first-order valence-corrected chi connectivity index (χ1v) is 11.4. The third-order valence-corrected chi connectivity index (χ3v) is 5.99. The topological polar surface area (TPSA) is 114 Å². The Hall–Kier alpha value is -2.39. The molecule has 2 rings (SSSR count). The van der Waals surface area contributed by atoms with E-state index in [2.05, 4.69) is 0 Å². The Bertz CT molecular complexity index is 1020. The van der Waals surface area contributed by atoms with Crippen LogP contribution < -0.4 is 22.0 Å². The van der Waals surface area contributed by atoms with Gasteiger partial charge in [-0.15, -0.1) is 0 Å². The Kier molecular flexibility index (Phi) is 10.4. The second kappa shape index (κ2) is 12.0. The van der Waals surface area contributed by atoms with Crippen molar-refractivity contribution in [1.82, 2.24) is 9.24 Å². The zero-order valence-electron chi connectivity index (χ0n) is 20.4. The van der Waals surface area contributed by atoms with Crippen LogP contribution in [-0.4, -0.2) is 45.3 Å². The minimum Gasteiger partial charge on any atom is -0.394 e. The van der Waals surface area contributed by atoms with Crippen molar-refractivity contribution >= 4 is 16.6 Å². The van der Waals surface area contributed by atoms with Gasteiger partial charge in [-0.2, -0.15) is 4.68 Å². The highest BCUT2D eigenvalue weighted by molar-refractivity contribution is 5.87. The van der Waals surface area contributed by atoms with Crippen LogP contribution in [0.15, 0.2) is 15.7 Å². The van der Waals surface area contributed by atoms with E-state index in [0.29, 0.717) is 47.4 Å². The van der Waals surface area contributed by atoms with E-state index in [1.165, 1.54) is 4.57 Å². The van der Waals surface area contributed by atoms with Crippen molar-refractivity contribution in [3.8, 4) is 0 Å². The number of benzene rings is 1. The Balaban J connectivity index is 0.00000249. The van der Waals surface area contributed by atoms with Crippen molar-refractivity contribution in [3.63, 3.8) is 0 Å².